The first-order valence-corrected chi connectivity index (χ1v) is 6.37. The number of rotatable bonds is 3. The molecule has 0 unspecified atom stereocenters. The molecule has 0 aromatic heterocycles. The van der Waals surface area contributed by atoms with Crippen LogP contribution in [0, 0.1) is 5.41 Å². The van der Waals surface area contributed by atoms with E-state index in [-0.39, 0.29) is 5.84 Å². The normalized spacial score (nSPS) is 10.3. The highest BCUT2D eigenvalue weighted by Gasteiger charge is 2.09. The highest BCUT2D eigenvalue weighted by Crippen LogP contribution is 2.35. The molecule has 19 heavy (non-hydrogen) atoms. The van der Waals surface area contributed by atoms with Crippen LogP contribution in [-0.4, -0.2) is 5.84 Å². The molecule has 2 rings (SSSR count). The van der Waals surface area contributed by atoms with Crippen LogP contribution in [-0.2, 0) is 0 Å². The number of nitrogens with two attached hydrogens (primary N) is 1. The smallest absolute Gasteiger partial charge is 0.147 e. The maximum Gasteiger partial charge on any atom is 0.147 e. The molecule has 0 aliphatic carbocycles. The van der Waals surface area contributed by atoms with Crippen molar-refractivity contribution in [2.75, 3.05) is 0 Å². The van der Waals surface area contributed by atoms with Crippen molar-refractivity contribution in [2.45, 2.75) is 0 Å². The highest BCUT2D eigenvalue weighted by atomic mass is 35.5. The molecule has 0 amide bonds. The first-order chi connectivity index (χ1) is 8.97. The number of halogens is 3. The average molecular weight is 316 g/mol. The molecule has 0 heterocycles. The monoisotopic (exact) mass is 314 g/mol. The summed E-state index contributed by atoms with van der Waals surface area (Å²) in [5.41, 5.74) is 5.90. The minimum Gasteiger partial charge on any atom is -0.454 e. The van der Waals surface area contributed by atoms with Crippen molar-refractivity contribution in [3.05, 3.63) is 57.0 Å². The SMILES string of the molecule is N=C(N)c1ccc(Oc2cc(Cl)ccc2Cl)c(Cl)c1. The Kier molecular flexibility index (Phi) is 4.20. The van der Waals surface area contributed by atoms with Crippen molar-refractivity contribution in [1.29, 1.82) is 5.41 Å². The number of hydrogen-bond acceptors (Lipinski definition) is 2. The highest BCUT2D eigenvalue weighted by molar-refractivity contribution is 6.34. The van der Waals surface area contributed by atoms with Gasteiger partial charge in [0.25, 0.3) is 0 Å². The summed E-state index contributed by atoms with van der Waals surface area (Å²) >= 11 is 17.9. The first-order valence-electron chi connectivity index (χ1n) is 5.24. The molecule has 6 heteroatoms. The van der Waals surface area contributed by atoms with Crippen LogP contribution in [0.2, 0.25) is 15.1 Å². The molecule has 2 aromatic rings. The van der Waals surface area contributed by atoms with Gasteiger partial charge < -0.3 is 10.5 Å². The Morgan fingerprint density at radius 3 is 2.32 bits per heavy atom. The van der Waals surface area contributed by atoms with E-state index in [0.29, 0.717) is 32.1 Å². The number of hydrogen-bond donors (Lipinski definition) is 2. The van der Waals surface area contributed by atoms with Gasteiger partial charge in [0.15, 0.2) is 0 Å². The van der Waals surface area contributed by atoms with Crippen molar-refractivity contribution in [3.8, 4) is 11.5 Å². The van der Waals surface area contributed by atoms with Crippen LogP contribution in [0.15, 0.2) is 36.4 Å². The maximum absolute atomic E-state index is 7.33. The minimum absolute atomic E-state index is 0.0609. The molecule has 0 atom stereocenters. The van der Waals surface area contributed by atoms with Gasteiger partial charge in [0, 0.05) is 16.7 Å². The predicted molar refractivity (Wildman–Crippen MR) is 79.0 cm³/mol. The van der Waals surface area contributed by atoms with E-state index in [2.05, 4.69) is 0 Å². The fourth-order valence-electron chi connectivity index (χ4n) is 1.43. The fraction of sp³-hybridized carbons (Fsp3) is 0. The molecule has 0 saturated heterocycles. The van der Waals surface area contributed by atoms with Gasteiger partial charge in [-0.05, 0) is 30.3 Å². The number of nitrogens with one attached hydrogen (secondary N) is 1. The van der Waals surface area contributed by atoms with Gasteiger partial charge >= 0.3 is 0 Å². The van der Waals surface area contributed by atoms with Gasteiger partial charge in [-0.15, -0.1) is 0 Å². The van der Waals surface area contributed by atoms with Crippen LogP contribution >= 0.6 is 34.8 Å². The van der Waals surface area contributed by atoms with Gasteiger partial charge in [-0.3, -0.25) is 5.41 Å². The van der Waals surface area contributed by atoms with Gasteiger partial charge in [0.2, 0.25) is 0 Å². The minimum atomic E-state index is -0.0609. The van der Waals surface area contributed by atoms with Crippen LogP contribution < -0.4 is 10.5 Å². The summed E-state index contributed by atoms with van der Waals surface area (Å²) in [6.07, 6.45) is 0. The topological polar surface area (TPSA) is 59.1 Å². The fourth-order valence-corrected chi connectivity index (χ4v) is 1.96. The van der Waals surface area contributed by atoms with Crippen molar-refractivity contribution in [1.82, 2.24) is 0 Å². The average Bonchev–Trinajstić information content (AvgIpc) is 2.36. The lowest BCUT2D eigenvalue weighted by Crippen LogP contribution is -2.10. The number of amidine groups is 1. The molecule has 2 aromatic carbocycles. The third kappa shape index (κ3) is 3.32. The molecule has 0 fully saturated rings. The second kappa shape index (κ2) is 5.70. The summed E-state index contributed by atoms with van der Waals surface area (Å²) in [7, 11) is 0. The van der Waals surface area contributed by atoms with Crippen molar-refractivity contribution in [3.63, 3.8) is 0 Å². The molecule has 0 saturated carbocycles. The Morgan fingerprint density at radius 1 is 0.947 bits per heavy atom. The Balaban J connectivity index is 2.33. The molecule has 0 bridgehead atoms. The maximum atomic E-state index is 7.33. The third-order valence-electron chi connectivity index (χ3n) is 2.36. The third-order valence-corrected chi connectivity index (χ3v) is 3.20. The predicted octanol–water partition coefficient (Wildman–Crippen LogP) is 4.72. The van der Waals surface area contributed by atoms with E-state index < -0.39 is 0 Å². The molecular weight excluding hydrogens is 307 g/mol. The summed E-state index contributed by atoms with van der Waals surface area (Å²) in [6, 6.07) is 9.71. The number of ether oxygens (including phenoxy) is 1. The molecule has 0 aliphatic heterocycles. The van der Waals surface area contributed by atoms with Crippen LogP contribution in [0.5, 0.6) is 11.5 Å². The van der Waals surface area contributed by atoms with Crippen molar-refractivity contribution in [2.24, 2.45) is 5.73 Å². The molecule has 0 spiro atoms. The van der Waals surface area contributed by atoms with Crippen LogP contribution in [0.1, 0.15) is 5.56 Å². The zero-order valence-electron chi connectivity index (χ0n) is 9.58. The van der Waals surface area contributed by atoms with E-state index in [1.54, 1.807) is 36.4 Å². The van der Waals surface area contributed by atoms with E-state index in [0.717, 1.165) is 0 Å². The second-order valence-corrected chi connectivity index (χ2v) is 4.99. The summed E-state index contributed by atoms with van der Waals surface area (Å²) in [6.45, 7) is 0. The molecule has 98 valence electrons. The molecule has 3 N–H and O–H groups in total. The lowest BCUT2D eigenvalue weighted by molar-refractivity contribution is 0.483. The van der Waals surface area contributed by atoms with E-state index >= 15 is 0 Å². The Morgan fingerprint density at radius 2 is 1.68 bits per heavy atom. The van der Waals surface area contributed by atoms with Crippen LogP contribution in [0.4, 0.5) is 0 Å². The van der Waals surface area contributed by atoms with Gasteiger partial charge in [0.05, 0.1) is 10.0 Å². The molecule has 3 nitrogen and oxygen atoms in total. The number of nitrogen functional groups attached to an aromatic ring is 1. The standard InChI is InChI=1S/C13H9Cl3N2O/c14-8-2-3-9(15)12(6-8)19-11-4-1-7(13(17)18)5-10(11)16/h1-6H,(H3,17,18). The van der Waals surface area contributed by atoms with E-state index in [1.807, 2.05) is 0 Å². The van der Waals surface area contributed by atoms with Crippen LogP contribution in [0.3, 0.4) is 0 Å². The molecule has 0 radical (unpaired) electrons. The van der Waals surface area contributed by atoms with Crippen LogP contribution in [0.25, 0.3) is 0 Å². The quantitative estimate of drug-likeness (QED) is 0.636. The molecule has 0 aliphatic rings. The van der Waals surface area contributed by atoms with E-state index in [1.165, 1.54) is 0 Å². The second-order valence-electron chi connectivity index (χ2n) is 3.74. The Labute approximate surface area is 125 Å². The van der Waals surface area contributed by atoms with E-state index in [4.69, 9.17) is 50.7 Å². The zero-order valence-corrected chi connectivity index (χ0v) is 11.9. The summed E-state index contributed by atoms with van der Waals surface area (Å²) < 4.78 is 5.60. The van der Waals surface area contributed by atoms with E-state index in [9.17, 15) is 0 Å². The van der Waals surface area contributed by atoms with Gasteiger partial charge in [-0.25, -0.2) is 0 Å². The number of benzene rings is 2. The summed E-state index contributed by atoms with van der Waals surface area (Å²) in [5.74, 6) is 0.761. The largest absolute Gasteiger partial charge is 0.454 e. The van der Waals surface area contributed by atoms with Crippen molar-refractivity contribution >= 4 is 40.6 Å². The Bertz CT molecular complexity index is 644. The Hall–Kier alpha value is -1.42. The summed E-state index contributed by atoms with van der Waals surface area (Å²) in [5, 5.41) is 8.60. The first kappa shape index (κ1) is 14.0. The summed E-state index contributed by atoms with van der Waals surface area (Å²) in [4.78, 5) is 0. The van der Waals surface area contributed by atoms with Crippen molar-refractivity contribution < 1.29 is 4.74 Å². The zero-order chi connectivity index (χ0) is 14.0. The molecular formula is C13H9Cl3N2O. The van der Waals surface area contributed by atoms with Gasteiger partial charge in [-0.1, -0.05) is 34.8 Å². The lowest BCUT2D eigenvalue weighted by Gasteiger charge is -2.10. The van der Waals surface area contributed by atoms with Gasteiger partial charge in [0.1, 0.15) is 17.3 Å². The lowest BCUT2D eigenvalue weighted by atomic mass is 10.2. The van der Waals surface area contributed by atoms with Gasteiger partial charge in [-0.2, -0.15) is 0 Å².